The normalized spacial score (nSPS) is 18.6. The van der Waals surface area contributed by atoms with Crippen LogP contribution in [0.2, 0.25) is 0 Å². The average molecular weight is 232 g/mol. The fourth-order valence-electron chi connectivity index (χ4n) is 2.07. The molecular weight excluding hydrogens is 212 g/mol. The molecule has 1 aliphatic carbocycles. The molecule has 92 valence electrons. The second-order valence-electron chi connectivity index (χ2n) is 5.07. The smallest absolute Gasteiger partial charge is 0.0911 e. The molecule has 2 rings (SSSR count). The van der Waals surface area contributed by atoms with Crippen molar-refractivity contribution >= 4 is 5.84 Å². The molecule has 3 heteroatoms. The van der Waals surface area contributed by atoms with Crippen molar-refractivity contribution in [3.63, 3.8) is 0 Å². The predicted molar refractivity (Wildman–Crippen MR) is 69.0 cm³/mol. The summed E-state index contributed by atoms with van der Waals surface area (Å²) in [5.41, 5.74) is 6.83. The van der Waals surface area contributed by atoms with Crippen molar-refractivity contribution in [1.29, 1.82) is 5.41 Å². The second kappa shape index (κ2) is 4.88. The maximum atomic E-state index is 7.36. The minimum atomic E-state index is 0.112. The molecule has 17 heavy (non-hydrogen) atoms. The van der Waals surface area contributed by atoms with Crippen molar-refractivity contribution in [2.45, 2.75) is 32.3 Å². The molecule has 3 N–H and O–H groups in total. The standard InChI is InChI=1S/C14H20N2O/c1-11(12-5-3-2-4-6-12)17-10-14(7-8-14)9-13(15)16/h2-6,11H,7-10H2,1H3,(H3,15,16). The highest BCUT2D eigenvalue weighted by Gasteiger charge is 2.43. The molecule has 0 amide bonds. The largest absolute Gasteiger partial charge is 0.388 e. The van der Waals surface area contributed by atoms with E-state index in [-0.39, 0.29) is 17.4 Å². The number of nitrogens with one attached hydrogen (secondary N) is 1. The Morgan fingerprint density at radius 3 is 2.59 bits per heavy atom. The zero-order valence-electron chi connectivity index (χ0n) is 10.3. The van der Waals surface area contributed by atoms with E-state index in [1.54, 1.807) is 0 Å². The van der Waals surface area contributed by atoms with Crippen LogP contribution < -0.4 is 5.73 Å². The fraction of sp³-hybridized carbons (Fsp3) is 0.500. The maximum Gasteiger partial charge on any atom is 0.0911 e. The van der Waals surface area contributed by atoms with Gasteiger partial charge in [0.2, 0.25) is 0 Å². The van der Waals surface area contributed by atoms with Crippen molar-refractivity contribution in [3.8, 4) is 0 Å². The van der Waals surface area contributed by atoms with Crippen molar-refractivity contribution in [2.24, 2.45) is 11.1 Å². The molecule has 1 fully saturated rings. The van der Waals surface area contributed by atoms with Gasteiger partial charge in [0, 0.05) is 11.8 Å². The van der Waals surface area contributed by atoms with Crippen molar-refractivity contribution in [1.82, 2.24) is 0 Å². The van der Waals surface area contributed by atoms with Crippen LogP contribution in [-0.4, -0.2) is 12.4 Å². The molecule has 0 saturated heterocycles. The van der Waals surface area contributed by atoms with Crippen LogP contribution in [0.1, 0.15) is 37.9 Å². The highest BCUT2D eigenvalue weighted by molar-refractivity contribution is 5.78. The van der Waals surface area contributed by atoms with Gasteiger partial charge in [-0.05, 0) is 25.3 Å². The Bertz CT molecular complexity index is 384. The topological polar surface area (TPSA) is 59.1 Å². The number of amidine groups is 1. The summed E-state index contributed by atoms with van der Waals surface area (Å²) >= 11 is 0. The zero-order chi connectivity index (χ0) is 12.3. The maximum absolute atomic E-state index is 7.36. The number of ether oxygens (including phenoxy) is 1. The molecule has 1 unspecified atom stereocenters. The molecule has 1 aromatic rings. The number of rotatable bonds is 6. The highest BCUT2D eigenvalue weighted by Crippen LogP contribution is 2.49. The van der Waals surface area contributed by atoms with Crippen molar-refractivity contribution in [2.75, 3.05) is 6.61 Å². The van der Waals surface area contributed by atoms with E-state index in [4.69, 9.17) is 15.9 Å². The van der Waals surface area contributed by atoms with E-state index in [0.29, 0.717) is 13.0 Å². The number of hydrogen-bond donors (Lipinski definition) is 2. The van der Waals surface area contributed by atoms with Gasteiger partial charge in [-0.15, -0.1) is 0 Å². The Kier molecular flexibility index (Phi) is 3.48. The summed E-state index contributed by atoms with van der Waals surface area (Å²) in [5.74, 6) is 0.276. The van der Waals surface area contributed by atoms with E-state index in [1.165, 1.54) is 5.56 Å². The zero-order valence-corrected chi connectivity index (χ0v) is 10.3. The lowest BCUT2D eigenvalue weighted by atomic mass is 10.0. The Labute approximate surface area is 102 Å². The number of nitrogens with two attached hydrogens (primary N) is 1. The minimum absolute atomic E-state index is 0.112. The first-order valence-electron chi connectivity index (χ1n) is 6.11. The summed E-state index contributed by atoms with van der Waals surface area (Å²) in [5, 5.41) is 7.36. The summed E-state index contributed by atoms with van der Waals surface area (Å²) in [7, 11) is 0. The highest BCUT2D eigenvalue weighted by atomic mass is 16.5. The molecule has 1 saturated carbocycles. The van der Waals surface area contributed by atoms with Crippen LogP contribution in [0.4, 0.5) is 0 Å². The van der Waals surface area contributed by atoms with Gasteiger partial charge in [0.15, 0.2) is 0 Å². The lowest BCUT2D eigenvalue weighted by molar-refractivity contribution is 0.0336. The average Bonchev–Trinajstić information content (AvgIpc) is 3.06. The summed E-state index contributed by atoms with van der Waals surface area (Å²) in [4.78, 5) is 0. The van der Waals surface area contributed by atoms with Gasteiger partial charge in [-0.3, -0.25) is 5.41 Å². The first kappa shape index (κ1) is 12.1. The molecule has 0 radical (unpaired) electrons. The van der Waals surface area contributed by atoms with Crippen LogP contribution in [-0.2, 0) is 4.74 Å². The van der Waals surface area contributed by atoms with Crippen LogP contribution in [0.3, 0.4) is 0 Å². The molecule has 0 spiro atoms. The van der Waals surface area contributed by atoms with Crippen LogP contribution in [0.25, 0.3) is 0 Å². The van der Waals surface area contributed by atoms with Gasteiger partial charge < -0.3 is 10.5 Å². The SMILES string of the molecule is CC(OCC1(CC(=N)N)CC1)c1ccccc1. The fourth-order valence-corrected chi connectivity index (χ4v) is 2.07. The van der Waals surface area contributed by atoms with Gasteiger partial charge in [0.05, 0.1) is 18.5 Å². The van der Waals surface area contributed by atoms with E-state index >= 15 is 0 Å². The van der Waals surface area contributed by atoms with Crippen molar-refractivity contribution < 1.29 is 4.74 Å². The first-order chi connectivity index (χ1) is 8.11. The lowest BCUT2D eigenvalue weighted by Gasteiger charge is -2.19. The van der Waals surface area contributed by atoms with E-state index in [1.807, 2.05) is 18.2 Å². The van der Waals surface area contributed by atoms with E-state index in [9.17, 15) is 0 Å². The predicted octanol–water partition coefficient (Wildman–Crippen LogP) is 2.87. The first-order valence-corrected chi connectivity index (χ1v) is 6.11. The van der Waals surface area contributed by atoms with E-state index in [0.717, 1.165) is 12.8 Å². The second-order valence-corrected chi connectivity index (χ2v) is 5.07. The molecule has 1 atom stereocenters. The van der Waals surface area contributed by atoms with Gasteiger partial charge in [0.25, 0.3) is 0 Å². The Morgan fingerprint density at radius 2 is 2.06 bits per heavy atom. The van der Waals surface area contributed by atoms with Gasteiger partial charge in [-0.2, -0.15) is 0 Å². The van der Waals surface area contributed by atoms with Gasteiger partial charge in [-0.25, -0.2) is 0 Å². The quantitative estimate of drug-likeness (QED) is 0.585. The van der Waals surface area contributed by atoms with Crippen LogP contribution >= 0.6 is 0 Å². The minimum Gasteiger partial charge on any atom is -0.388 e. The molecule has 1 aliphatic rings. The third kappa shape index (κ3) is 3.30. The molecule has 1 aromatic carbocycles. The third-order valence-corrected chi connectivity index (χ3v) is 3.43. The molecule has 0 bridgehead atoms. The molecule has 3 nitrogen and oxygen atoms in total. The molecular formula is C14H20N2O. The summed E-state index contributed by atoms with van der Waals surface area (Å²) < 4.78 is 5.90. The Morgan fingerprint density at radius 1 is 1.41 bits per heavy atom. The number of benzene rings is 1. The Hall–Kier alpha value is -1.35. The van der Waals surface area contributed by atoms with Gasteiger partial charge in [-0.1, -0.05) is 30.3 Å². The Balaban J connectivity index is 1.84. The monoisotopic (exact) mass is 232 g/mol. The lowest BCUT2D eigenvalue weighted by Crippen LogP contribution is -2.21. The van der Waals surface area contributed by atoms with Crippen molar-refractivity contribution in [3.05, 3.63) is 35.9 Å². The van der Waals surface area contributed by atoms with Gasteiger partial charge >= 0.3 is 0 Å². The number of hydrogen-bond acceptors (Lipinski definition) is 2. The molecule has 0 aromatic heterocycles. The molecule has 0 aliphatic heterocycles. The summed E-state index contributed by atoms with van der Waals surface area (Å²) in [6, 6.07) is 10.2. The van der Waals surface area contributed by atoms with Crippen LogP contribution in [0.15, 0.2) is 30.3 Å². The van der Waals surface area contributed by atoms with E-state index < -0.39 is 0 Å². The van der Waals surface area contributed by atoms with Crippen LogP contribution in [0, 0.1) is 10.8 Å². The summed E-state index contributed by atoms with van der Waals surface area (Å²) in [6.45, 7) is 2.78. The van der Waals surface area contributed by atoms with E-state index in [2.05, 4.69) is 19.1 Å². The molecule has 0 heterocycles. The van der Waals surface area contributed by atoms with Crippen LogP contribution in [0.5, 0.6) is 0 Å². The third-order valence-electron chi connectivity index (χ3n) is 3.43. The summed E-state index contributed by atoms with van der Waals surface area (Å²) in [6.07, 6.45) is 3.05. The van der Waals surface area contributed by atoms with Gasteiger partial charge in [0.1, 0.15) is 0 Å².